The fourth-order valence-corrected chi connectivity index (χ4v) is 2.66. The number of aryl methyl sites for hydroxylation is 1. The molecule has 0 amide bonds. The summed E-state index contributed by atoms with van der Waals surface area (Å²) < 4.78 is 0. The minimum absolute atomic E-state index is 0. The number of nitrogens with two attached hydrogens (primary N) is 1. The van der Waals surface area contributed by atoms with Gasteiger partial charge in [0.05, 0.1) is 0 Å². The van der Waals surface area contributed by atoms with E-state index in [0.29, 0.717) is 0 Å². The van der Waals surface area contributed by atoms with Crippen LogP contribution >= 0.6 is 24.8 Å². The van der Waals surface area contributed by atoms with Gasteiger partial charge in [-0.2, -0.15) is 0 Å². The monoisotopic (exact) mass is 319 g/mol. The molecule has 1 aromatic carbocycles. The molecule has 0 aromatic heterocycles. The molecule has 116 valence electrons. The highest BCUT2D eigenvalue weighted by Gasteiger charge is 2.19. The Morgan fingerprint density at radius 1 is 1.10 bits per heavy atom. The summed E-state index contributed by atoms with van der Waals surface area (Å²) in [5.41, 5.74) is 10.1. The van der Waals surface area contributed by atoms with Gasteiger partial charge in [0.15, 0.2) is 0 Å². The Kier molecular flexibility index (Phi) is 8.52. The number of anilines is 1. The lowest BCUT2D eigenvalue weighted by atomic mass is 10.1. The van der Waals surface area contributed by atoms with Crippen molar-refractivity contribution in [1.82, 2.24) is 4.90 Å². The molecule has 1 atom stereocenters. The van der Waals surface area contributed by atoms with Crippen molar-refractivity contribution in [1.29, 1.82) is 0 Å². The van der Waals surface area contributed by atoms with E-state index in [1.54, 1.807) is 0 Å². The summed E-state index contributed by atoms with van der Waals surface area (Å²) in [6.07, 6.45) is 0. The number of hydrogen-bond acceptors (Lipinski definition) is 3. The first kappa shape index (κ1) is 19.5. The predicted molar refractivity (Wildman–Crippen MR) is 92.7 cm³/mol. The first-order valence-electron chi connectivity index (χ1n) is 6.87. The van der Waals surface area contributed by atoms with E-state index >= 15 is 0 Å². The summed E-state index contributed by atoms with van der Waals surface area (Å²) >= 11 is 0. The summed E-state index contributed by atoms with van der Waals surface area (Å²) in [4.78, 5) is 4.96. The van der Waals surface area contributed by atoms with Crippen LogP contribution in [0.15, 0.2) is 18.2 Å². The van der Waals surface area contributed by atoms with Crippen LogP contribution < -0.4 is 10.6 Å². The van der Waals surface area contributed by atoms with E-state index < -0.39 is 0 Å². The standard InChI is InChI=1S/C15H25N3.2ClH/c1-12-5-4-6-15(14(12)3)18-9-7-17(8-10-18)11-13(2)16;;/h4-6,13H,7-11,16H2,1-3H3;2*1H. The Morgan fingerprint density at radius 2 is 1.70 bits per heavy atom. The topological polar surface area (TPSA) is 32.5 Å². The van der Waals surface area contributed by atoms with Crippen molar-refractivity contribution in [3.63, 3.8) is 0 Å². The van der Waals surface area contributed by atoms with Crippen molar-refractivity contribution in [3.05, 3.63) is 29.3 Å². The second-order valence-electron chi connectivity index (χ2n) is 5.48. The Labute approximate surface area is 135 Å². The van der Waals surface area contributed by atoms with Crippen LogP contribution in [-0.2, 0) is 0 Å². The Bertz CT molecular complexity index is 402. The van der Waals surface area contributed by atoms with E-state index in [2.05, 4.69) is 48.8 Å². The van der Waals surface area contributed by atoms with Crippen molar-refractivity contribution in [2.75, 3.05) is 37.6 Å². The molecule has 0 bridgehead atoms. The second-order valence-corrected chi connectivity index (χ2v) is 5.48. The van der Waals surface area contributed by atoms with Gasteiger partial charge < -0.3 is 10.6 Å². The van der Waals surface area contributed by atoms with E-state index in [1.807, 2.05) is 0 Å². The lowest BCUT2D eigenvalue weighted by molar-refractivity contribution is 0.246. The smallest absolute Gasteiger partial charge is 0.0399 e. The van der Waals surface area contributed by atoms with Crippen molar-refractivity contribution in [3.8, 4) is 0 Å². The summed E-state index contributed by atoms with van der Waals surface area (Å²) in [5, 5.41) is 0. The molecule has 1 heterocycles. The van der Waals surface area contributed by atoms with Crippen LogP contribution in [0.25, 0.3) is 0 Å². The molecular formula is C15H27Cl2N3. The lowest BCUT2D eigenvalue weighted by Gasteiger charge is -2.37. The Hall–Kier alpha value is -0.480. The van der Waals surface area contributed by atoms with Crippen molar-refractivity contribution in [2.45, 2.75) is 26.8 Å². The van der Waals surface area contributed by atoms with Crippen molar-refractivity contribution >= 4 is 30.5 Å². The van der Waals surface area contributed by atoms with E-state index in [1.165, 1.54) is 16.8 Å². The molecule has 1 aliphatic rings. The van der Waals surface area contributed by atoms with Gasteiger partial charge in [0.25, 0.3) is 0 Å². The van der Waals surface area contributed by atoms with E-state index in [9.17, 15) is 0 Å². The third-order valence-corrected chi connectivity index (χ3v) is 3.84. The number of halogens is 2. The first-order valence-corrected chi connectivity index (χ1v) is 6.87. The van der Waals surface area contributed by atoms with Gasteiger partial charge in [-0.25, -0.2) is 0 Å². The normalized spacial score (nSPS) is 17.1. The highest BCUT2D eigenvalue weighted by atomic mass is 35.5. The van der Waals surface area contributed by atoms with Gasteiger partial charge in [0.1, 0.15) is 0 Å². The Balaban J connectivity index is 0.00000180. The molecule has 1 aromatic rings. The average Bonchev–Trinajstić information content (AvgIpc) is 2.33. The number of hydrogen-bond donors (Lipinski definition) is 1. The molecule has 0 radical (unpaired) electrons. The zero-order chi connectivity index (χ0) is 13.1. The fraction of sp³-hybridized carbons (Fsp3) is 0.600. The molecule has 2 N–H and O–H groups in total. The number of piperazine rings is 1. The maximum absolute atomic E-state index is 5.86. The zero-order valence-corrected chi connectivity index (χ0v) is 14.3. The molecule has 0 spiro atoms. The molecule has 1 fully saturated rings. The fourth-order valence-electron chi connectivity index (χ4n) is 2.66. The zero-order valence-electron chi connectivity index (χ0n) is 12.6. The molecule has 0 saturated carbocycles. The van der Waals surface area contributed by atoms with Gasteiger partial charge in [-0.3, -0.25) is 4.90 Å². The predicted octanol–water partition coefficient (Wildman–Crippen LogP) is 2.62. The molecule has 1 unspecified atom stereocenters. The SMILES string of the molecule is Cc1cccc(N2CCN(CC(C)N)CC2)c1C.Cl.Cl. The maximum Gasteiger partial charge on any atom is 0.0399 e. The third-order valence-electron chi connectivity index (χ3n) is 3.84. The maximum atomic E-state index is 5.86. The van der Waals surface area contributed by atoms with Crippen LogP contribution in [0.3, 0.4) is 0 Å². The van der Waals surface area contributed by atoms with Crippen LogP contribution in [0, 0.1) is 13.8 Å². The first-order chi connectivity index (χ1) is 8.58. The molecule has 3 nitrogen and oxygen atoms in total. The minimum atomic E-state index is 0. The van der Waals surface area contributed by atoms with E-state index in [0.717, 1.165) is 32.7 Å². The Morgan fingerprint density at radius 3 is 2.25 bits per heavy atom. The molecule has 5 heteroatoms. The summed E-state index contributed by atoms with van der Waals surface area (Å²) in [6, 6.07) is 6.86. The molecule has 20 heavy (non-hydrogen) atoms. The van der Waals surface area contributed by atoms with E-state index in [4.69, 9.17) is 5.73 Å². The second kappa shape index (κ2) is 8.73. The minimum Gasteiger partial charge on any atom is -0.369 e. The average molecular weight is 320 g/mol. The molecule has 0 aliphatic carbocycles. The molecule has 2 rings (SSSR count). The lowest BCUT2D eigenvalue weighted by Crippen LogP contribution is -2.49. The number of rotatable bonds is 3. The highest BCUT2D eigenvalue weighted by molar-refractivity contribution is 5.85. The molecule has 1 saturated heterocycles. The van der Waals surface area contributed by atoms with Crippen LogP contribution in [-0.4, -0.2) is 43.7 Å². The van der Waals surface area contributed by atoms with Gasteiger partial charge in [-0.1, -0.05) is 12.1 Å². The van der Waals surface area contributed by atoms with Gasteiger partial charge in [-0.15, -0.1) is 24.8 Å². The number of nitrogens with zero attached hydrogens (tertiary/aromatic N) is 2. The van der Waals surface area contributed by atoms with Gasteiger partial charge in [0, 0.05) is 44.5 Å². The van der Waals surface area contributed by atoms with E-state index in [-0.39, 0.29) is 30.9 Å². The van der Waals surface area contributed by atoms with Crippen molar-refractivity contribution < 1.29 is 0 Å². The molecular weight excluding hydrogens is 293 g/mol. The summed E-state index contributed by atoms with van der Waals surface area (Å²) in [6.45, 7) is 12.0. The summed E-state index contributed by atoms with van der Waals surface area (Å²) in [7, 11) is 0. The van der Waals surface area contributed by atoms with Gasteiger partial charge >= 0.3 is 0 Å². The number of benzene rings is 1. The van der Waals surface area contributed by atoms with Crippen molar-refractivity contribution in [2.24, 2.45) is 5.73 Å². The summed E-state index contributed by atoms with van der Waals surface area (Å²) in [5.74, 6) is 0. The van der Waals surface area contributed by atoms with Gasteiger partial charge in [0.2, 0.25) is 0 Å². The quantitative estimate of drug-likeness (QED) is 0.929. The third kappa shape index (κ3) is 4.81. The van der Waals surface area contributed by atoms with Crippen LogP contribution in [0.5, 0.6) is 0 Å². The largest absolute Gasteiger partial charge is 0.369 e. The van der Waals surface area contributed by atoms with Crippen LogP contribution in [0.2, 0.25) is 0 Å². The van der Waals surface area contributed by atoms with Gasteiger partial charge in [-0.05, 0) is 38.0 Å². The van der Waals surface area contributed by atoms with Crippen LogP contribution in [0.4, 0.5) is 5.69 Å². The molecule has 1 aliphatic heterocycles. The highest BCUT2D eigenvalue weighted by Crippen LogP contribution is 2.23. The van der Waals surface area contributed by atoms with Crippen LogP contribution in [0.1, 0.15) is 18.1 Å².